The summed E-state index contributed by atoms with van der Waals surface area (Å²) in [5, 5.41) is 8.05. The maximum absolute atomic E-state index is 12.8. The highest BCUT2D eigenvalue weighted by molar-refractivity contribution is 6.04. The molecule has 33 heavy (non-hydrogen) atoms. The number of fused-ring (bicyclic) bond motifs is 1. The molecule has 0 unspecified atom stereocenters. The monoisotopic (exact) mass is 442 g/mol. The van der Waals surface area contributed by atoms with Crippen molar-refractivity contribution in [2.45, 2.75) is 25.9 Å². The fraction of sp³-hybridized carbons (Fsp3) is 0.280. The van der Waals surface area contributed by atoms with Crippen LogP contribution in [-0.4, -0.2) is 44.6 Å². The van der Waals surface area contributed by atoms with Crippen LogP contribution in [0.5, 0.6) is 5.75 Å². The lowest BCUT2D eigenvalue weighted by Gasteiger charge is -2.23. The van der Waals surface area contributed by atoms with Gasteiger partial charge in [-0.05, 0) is 74.6 Å². The van der Waals surface area contributed by atoms with Crippen molar-refractivity contribution in [2.75, 3.05) is 18.4 Å². The molecule has 0 radical (unpaired) electrons. The molecule has 0 aliphatic carbocycles. The normalized spacial score (nSPS) is 14.4. The zero-order valence-corrected chi connectivity index (χ0v) is 18.7. The van der Waals surface area contributed by atoms with E-state index in [4.69, 9.17) is 4.74 Å². The minimum absolute atomic E-state index is 0.216. The summed E-state index contributed by atoms with van der Waals surface area (Å²) in [6.45, 7) is 3.90. The number of benzene rings is 1. The van der Waals surface area contributed by atoms with Crippen LogP contribution in [0.3, 0.4) is 0 Å². The number of anilines is 1. The standard InChI is InChI=1S/C25H26N6O2/c1-16-27-15-23(31(16)2)22-11-18-12-24(29-14-19(18)13-28-22)30-25(32)17-3-5-20(6-4-17)33-21-7-9-26-10-8-21/h3-6,11-15,21,26H,7-10H2,1-2H3,(H,29,30,32). The van der Waals surface area contributed by atoms with Crippen molar-refractivity contribution in [2.24, 2.45) is 7.05 Å². The van der Waals surface area contributed by atoms with Crippen LogP contribution in [0.25, 0.3) is 22.2 Å². The zero-order valence-electron chi connectivity index (χ0n) is 18.7. The SMILES string of the molecule is Cc1ncc(-c2cc3cc(NC(=O)c4ccc(OC5CCNCC5)cc4)ncc3cn2)n1C. The molecule has 1 fully saturated rings. The van der Waals surface area contributed by atoms with Crippen molar-refractivity contribution in [3.8, 4) is 17.1 Å². The molecule has 3 aromatic heterocycles. The Labute approximate surface area is 192 Å². The largest absolute Gasteiger partial charge is 0.490 e. The molecule has 0 spiro atoms. The van der Waals surface area contributed by atoms with Gasteiger partial charge in [-0.1, -0.05) is 0 Å². The quantitative estimate of drug-likeness (QED) is 0.489. The Morgan fingerprint density at radius 3 is 2.52 bits per heavy atom. The Hall–Kier alpha value is -3.78. The third kappa shape index (κ3) is 4.56. The van der Waals surface area contributed by atoms with Gasteiger partial charge in [-0.25, -0.2) is 9.97 Å². The average Bonchev–Trinajstić information content (AvgIpc) is 3.18. The molecule has 168 valence electrons. The summed E-state index contributed by atoms with van der Waals surface area (Å²) in [5.41, 5.74) is 2.30. The smallest absolute Gasteiger partial charge is 0.256 e. The number of hydrogen-bond donors (Lipinski definition) is 2. The van der Waals surface area contributed by atoms with E-state index in [1.165, 1.54) is 0 Å². The fourth-order valence-electron chi connectivity index (χ4n) is 3.97. The molecule has 5 rings (SSSR count). The Kier molecular flexibility index (Phi) is 5.75. The van der Waals surface area contributed by atoms with Crippen LogP contribution in [0.2, 0.25) is 0 Å². The van der Waals surface area contributed by atoms with Gasteiger partial charge < -0.3 is 19.9 Å². The summed E-state index contributed by atoms with van der Waals surface area (Å²) in [6.07, 6.45) is 7.52. The number of aromatic nitrogens is 4. The molecule has 1 saturated heterocycles. The number of hydrogen-bond acceptors (Lipinski definition) is 6. The molecule has 2 N–H and O–H groups in total. The van der Waals surface area contributed by atoms with Gasteiger partial charge in [0.2, 0.25) is 0 Å². The van der Waals surface area contributed by atoms with Gasteiger partial charge in [0.25, 0.3) is 5.91 Å². The molecule has 1 aliphatic heterocycles. The second-order valence-corrected chi connectivity index (χ2v) is 8.28. The van der Waals surface area contributed by atoms with E-state index in [9.17, 15) is 4.79 Å². The number of aryl methyl sites for hydroxylation is 1. The molecule has 0 saturated carbocycles. The van der Waals surface area contributed by atoms with Gasteiger partial charge in [-0.2, -0.15) is 0 Å². The average molecular weight is 443 g/mol. The maximum atomic E-state index is 12.8. The van der Waals surface area contributed by atoms with Crippen LogP contribution in [-0.2, 0) is 7.05 Å². The number of carbonyl (C=O) groups is 1. The maximum Gasteiger partial charge on any atom is 0.256 e. The van der Waals surface area contributed by atoms with Crippen LogP contribution < -0.4 is 15.4 Å². The second kappa shape index (κ2) is 8.99. The summed E-state index contributed by atoms with van der Waals surface area (Å²) >= 11 is 0. The number of ether oxygens (including phenoxy) is 1. The summed E-state index contributed by atoms with van der Waals surface area (Å²) < 4.78 is 8.01. The van der Waals surface area contributed by atoms with Gasteiger partial charge in [-0.3, -0.25) is 9.78 Å². The first-order valence-corrected chi connectivity index (χ1v) is 11.1. The molecule has 1 amide bonds. The Morgan fingerprint density at radius 2 is 1.79 bits per heavy atom. The van der Waals surface area contributed by atoms with E-state index < -0.39 is 0 Å². The summed E-state index contributed by atoms with van der Waals surface area (Å²) in [5.74, 6) is 1.97. The van der Waals surface area contributed by atoms with Crippen molar-refractivity contribution in [3.05, 3.63) is 66.4 Å². The minimum Gasteiger partial charge on any atom is -0.490 e. The Balaban J connectivity index is 1.30. The van der Waals surface area contributed by atoms with Crippen molar-refractivity contribution < 1.29 is 9.53 Å². The van der Waals surface area contributed by atoms with E-state index in [0.29, 0.717) is 11.4 Å². The topological polar surface area (TPSA) is 94.0 Å². The fourth-order valence-corrected chi connectivity index (χ4v) is 3.97. The number of piperidine rings is 1. The number of imidazole rings is 1. The van der Waals surface area contributed by atoms with E-state index in [2.05, 4.69) is 25.6 Å². The lowest BCUT2D eigenvalue weighted by atomic mass is 10.1. The lowest BCUT2D eigenvalue weighted by Crippen LogP contribution is -2.34. The van der Waals surface area contributed by atoms with Crippen LogP contribution in [0.15, 0.2) is 55.0 Å². The van der Waals surface area contributed by atoms with Crippen molar-refractivity contribution >= 4 is 22.5 Å². The number of nitrogens with zero attached hydrogens (tertiary/aromatic N) is 4. The predicted octanol–water partition coefficient (Wildman–Crippen LogP) is 3.72. The van der Waals surface area contributed by atoms with Crippen molar-refractivity contribution in [1.82, 2.24) is 24.8 Å². The van der Waals surface area contributed by atoms with Crippen LogP contribution >= 0.6 is 0 Å². The first-order chi connectivity index (χ1) is 16.1. The third-order valence-corrected chi connectivity index (χ3v) is 6.03. The van der Waals surface area contributed by atoms with E-state index >= 15 is 0 Å². The molecule has 4 aromatic rings. The molecule has 1 aliphatic rings. The van der Waals surface area contributed by atoms with Crippen molar-refractivity contribution in [1.29, 1.82) is 0 Å². The Morgan fingerprint density at radius 1 is 1.03 bits per heavy atom. The molecule has 0 atom stereocenters. The van der Waals surface area contributed by atoms with Crippen LogP contribution in [0.4, 0.5) is 5.82 Å². The summed E-state index contributed by atoms with van der Waals surface area (Å²) in [4.78, 5) is 26.0. The van der Waals surface area contributed by atoms with Crippen LogP contribution in [0.1, 0.15) is 29.0 Å². The van der Waals surface area contributed by atoms with Crippen LogP contribution in [0, 0.1) is 6.92 Å². The summed E-state index contributed by atoms with van der Waals surface area (Å²) in [6, 6.07) is 11.1. The predicted molar refractivity (Wildman–Crippen MR) is 127 cm³/mol. The first kappa shape index (κ1) is 21.1. The van der Waals surface area contributed by atoms with E-state index in [1.54, 1.807) is 24.5 Å². The number of amides is 1. The van der Waals surface area contributed by atoms with E-state index in [-0.39, 0.29) is 12.0 Å². The number of nitrogens with one attached hydrogen (secondary N) is 2. The Bertz CT molecular complexity index is 1290. The molecule has 8 heteroatoms. The number of pyridine rings is 2. The molecule has 0 bridgehead atoms. The third-order valence-electron chi connectivity index (χ3n) is 6.03. The molecular formula is C25H26N6O2. The van der Waals surface area contributed by atoms with E-state index in [1.807, 2.05) is 49.0 Å². The molecule has 8 nitrogen and oxygen atoms in total. The van der Waals surface area contributed by atoms with Gasteiger partial charge in [0.1, 0.15) is 23.5 Å². The zero-order chi connectivity index (χ0) is 22.8. The molecule has 4 heterocycles. The summed E-state index contributed by atoms with van der Waals surface area (Å²) in [7, 11) is 1.96. The number of rotatable bonds is 5. The number of carbonyl (C=O) groups excluding carboxylic acids is 1. The van der Waals surface area contributed by atoms with Gasteiger partial charge in [0, 0.05) is 30.4 Å². The van der Waals surface area contributed by atoms with E-state index in [0.717, 1.165) is 59.7 Å². The highest BCUT2D eigenvalue weighted by Crippen LogP contribution is 2.24. The molecular weight excluding hydrogens is 416 g/mol. The van der Waals surface area contributed by atoms with Crippen molar-refractivity contribution in [3.63, 3.8) is 0 Å². The first-order valence-electron chi connectivity index (χ1n) is 11.1. The highest BCUT2D eigenvalue weighted by atomic mass is 16.5. The highest BCUT2D eigenvalue weighted by Gasteiger charge is 2.15. The second-order valence-electron chi connectivity index (χ2n) is 8.28. The van der Waals surface area contributed by atoms with Gasteiger partial charge in [-0.15, -0.1) is 0 Å². The van der Waals surface area contributed by atoms with Gasteiger partial charge in [0.05, 0.1) is 17.6 Å². The van der Waals surface area contributed by atoms with Gasteiger partial charge >= 0.3 is 0 Å². The van der Waals surface area contributed by atoms with Gasteiger partial charge in [0.15, 0.2) is 0 Å². The lowest BCUT2D eigenvalue weighted by molar-refractivity contribution is 0.102. The molecule has 1 aromatic carbocycles. The minimum atomic E-state index is -0.216.